The van der Waals surface area contributed by atoms with Crippen LogP contribution >= 0.6 is 0 Å². The first-order valence-electron chi connectivity index (χ1n) is 4.98. The van der Waals surface area contributed by atoms with Gasteiger partial charge in [0.25, 0.3) is 0 Å². The maximum Gasteiger partial charge on any atom is 0.138 e. The van der Waals surface area contributed by atoms with Gasteiger partial charge in [0.05, 0.1) is 6.04 Å². The van der Waals surface area contributed by atoms with E-state index in [1.54, 1.807) is 0 Å². The van der Waals surface area contributed by atoms with E-state index in [9.17, 15) is 0 Å². The van der Waals surface area contributed by atoms with E-state index in [1.807, 2.05) is 18.5 Å². The summed E-state index contributed by atoms with van der Waals surface area (Å²) in [6.07, 6.45) is 3.79. The Bertz CT molecular complexity index is 385. The number of hydrogen-bond acceptors (Lipinski definition) is 2. The molecule has 0 amide bonds. The average molecular weight is 189 g/mol. The van der Waals surface area contributed by atoms with E-state index >= 15 is 0 Å². The standard InChI is InChI=1S/C11H15N3/c1-7(2)10-9-4-5-12-11(9)13-6-8(3)14-10/h4-8,12H,1-3H3. The zero-order valence-corrected chi connectivity index (χ0v) is 8.78. The van der Waals surface area contributed by atoms with Crippen LogP contribution in [0.5, 0.6) is 0 Å². The molecule has 14 heavy (non-hydrogen) atoms. The molecule has 74 valence electrons. The quantitative estimate of drug-likeness (QED) is 0.705. The molecule has 0 saturated heterocycles. The van der Waals surface area contributed by atoms with Crippen molar-refractivity contribution < 1.29 is 0 Å². The number of nitrogens with one attached hydrogen (secondary N) is 1. The minimum atomic E-state index is 0.174. The van der Waals surface area contributed by atoms with Crippen molar-refractivity contribution in [1.82, 2.24) is 4.98 Å². The lowest BCUT2D eigenvalue weighted by Gasteiger charge is -2.09. The number of rotatable bonds is 1. The van der Waals surface area contributed by atoms with Crippen LogP contribution in [0.2, 0.25) is 0 Å². The highest BCUT2D eigenvalue weighted by molar-refractivity contribution is 6.07. The second kappa shape index (κ2) is 3.40. The molecule has 1 aliphatic rings. The fraction of sp³-hybridized carbons (Fsp3) is 0.455. The van der Waals surface area contributed by atoms with Crippen LogP contribution in [-0.4, -0.2) is 23.0 Å². The van der Waals surface area contributed by atoms with Crippen molar-refractivity contribution in [2.45, 2.75) is 26.8 Å². The molecule has 0 bridgehead atoms. The molecular weight excluding hydrogens is 174 g/mol. The van der Waals surface area contributed by atoms with Gasteiger partial charge in [0.15, 0.2) is 0 Å². The topological polar surface area (TPSA) is 40.5 Å². The second-order valence-corrected chi connectivity index (χ2v) is 3.93. The van der Waals surface area contributed by atoms with Crippen LogP contribution in [0.25, 0.3) is 0 Å². The van der Waals surface area contributed by atoms with Gasteiger partial charge in [-0.15, -0.1) is 0 Å². The molecule has 2 heterocycles. The highest BCUT2D eigenvalue weighted by Crippen LogP contribution is 2.23. The van der Waals surface area contributed by atoms with Crippen molar-refractivity contribution in [2.24, 2.45) is 15.9 Å². The average Bonchev–Trinajstić information content (AvgIpc) is 2.52. The van der Waals surface area contributed by atoms with E-state index in [-0.39, 0.29) is 6.04 Å². The zero-order chi connectivity index (χ0) is 10.1. The van der Waals surface area contributed by atoms with Crippen LogP contribution < -0.4 is 0 Å². The Kier molecular flexibility index (Phi) is 2.23. The number of aromatic nitrogens is 1. The molecule has 1 atom stereocenters. The molecule has 0 saturated carbocycles. The monoisotopic (exact) mass is 189 g/mol. The summed E-state index contributed by atoms with van der Waals surface area (Å²) < 4.78 is 0. The van der Waals surface area contributed by atoms with Crippen LogP contribution in [0.1, 0.15) is 26.3 Å². The first kappa shape index (κ1) is 9.19. The van der Waals surface area contributed by atoms with Gasteiger partial charge in [-0.2, -0.15) is 0 Å². The van der Waals surface area contributed by atoms with Crippen LogP contribution in [0.3, 0.4) is 0 Å². The zero-order valence-electron chi connectivity index (χ0n) is 8.78. The van der Waals surface area contributed by atoms with Gasteiger partial charge in [-0.25, -0.2) is 4.99 Å². The van der Waals surface area contributed by atoms with Crippen LogP contribution in [0.15, 0.2) is 22.2 Å². The van der Waals surface area contributed by atoms with Crippen molar-refractivity contribution in [3.63, 3.8) is 0 Å². The van der Waals surface area contributed by atoms with Crippen LogP contribution in [0.4, 0.5) is 5.82 Å². The summed E-state index contributed by atoms with van der Waals surface area (Å²) in [4.78, 5) is 12.1. The van der Waals surface area contributed by atoms with Gasteiger partial charge in [0, 0.05) is 23.7 Å². The summed E-state index contributed by atoms with van der Waals surface area (Å²) >= 11 is 0. The predicted molar refractivity (Wildman–Crippen MR) is 59.8 cm³/mol. The van der Waals surface area contributed by atoms with E-state index in [4.69, 9.17) is 0 Å². The van der Waals surface area contributed by atoms with Gasteiger partial charge in [-0.05, 0) is 18.9 Å². The normalized spacial score (nSPS) is 20.6. The molecule has 1 aromatic heterocycles. The van der Waals surface area contributed by atoms with Gasteiger partial charge < -0.3 is 4.98 Å². The van der Waals surface area contributed by atoms with E-state index in [0.29, 0.717) is 5.92 Å². The second-order valence-electron chi connectivity index (χ2n) is 3.93. The Morgan fingerprint density at radius 3 is 2.93 bits per heavy atom. The summed E-state index contributed by atoms with van der Waals surface area (Å²) in [6.45, 7) is 6.37. The van der Waals surface area contributed by atoms with E-state index in [0.717, 1.165) is 17.1 Å². The van der Waals surface area contributed by atoms with Gasteiger partial charge in [-0.1, -0.05) is 13.8 Å². The first-order chi connectivity index (χ1) is 6.68. The number of fused-ring (bicyclic) bond motifs is 1. The molecule has 1 N–H and O–H groups in total. The molecule has 1 unspecified atom stereocenters. The van der Waals surface area contributed by atoms with E-state index < -0.39 is 0 Å². The molecular formula is C11H15N3. The van der Waals surface area contributed by atoms with Crippen LogP contribution in [0, 0.1) is 5.92 Å². The molecule has 0 aromatic carbocycles. The predicted octanol–water partition coefficient (Wildman–Crippen LogP) is 2.56. The molecule has 0 spiro atoms. The summed E-state index contributed by atoms with van der Waals surface area (Å²) in [5, 5.41) is 0. The van der Waals surface area contributed by atoms with Crippen LogP contribution in [-0.2, 0) is 0 Å². The van der Waals surface area contributed by atoms with Crippen molar-refractivity contribution in [3.8, 4) is 0 Å². The smallest absolute Gasteiger partial charge is 0.138 e. The lowest BCUT2D eigenvalue weighted by atomic mass is 10.0. The summed E-state index contributed by atoms with van der Waals surface area (Å²) in [5.41, 5.74) is 2.28. The minimum Gasteiger partial charge on any atom is -0.346 e. The number of H-pyrrole nitrogens is 1. The highest BCUT2D eigenvalue weighted by atomic mass is 15.0. The summed E-state index contributed by atoms with van der Waals surface area (Å²) in [6, 6.07) is 2.22. The molecule has 3 heteroatoms. The number of nitrogens with zero attached hydrogens (tertiary/aromatic N) is 2. The number of aromatic amines is 1. The van der Waals surface area contributed by atoms with Gasteiger partial charge in [0.2, 0.25) is 0 Å². The number of aliphatic imine (C=N–C) groups is 2. The highest BCUT2D eigenvalue weighted by Gasteiger charge is 2.16. The van der Waals surface area contributed by atoms with E-state index in [2.05, 4.69) is 35.7 Å². The van der Waals surface area contributed by atoms with Gasteiger partial charge in [-0.3, -0.25) is 4.99 Å². The third-order valence-corrected chi connectivity index (χ3v) is 2.31. The lowest BCUT2D eigenvalue weighted by Crippen LogP contribution is -2.11. The molecule has 1 aliphatic heterocycles. The third kappa shape index (κ3) is 1.50. The SMILES string of the molecule is CC1C=Nc2[nH]ccc2C(C(C)C)=N1. The maximum atomic E-state index is 4.64. The fourth-order valence-corrected chi connectivity index (χ4v) is 1.64. The molecule has 0 radical (unpaired) electrons. The summed E-state index contributed by atoms with van der Waals surface area (Å²) in [7, 11) is 0. The Morgan fingerprint density at radius 1 is 1.43 bits per heavy atom. The fourth-order valence-electron chi connectivity index (χ4n) is 1.64. The van der Waals surface area contributed by atoms with E-state index in [1.165, 1.54) is 0 Å². The third-order valence-electron chi connectivity index (χ3n) is 2.31. The van der Waals surface area contributed by atoms with Crippen molar-refractivity contribution >= 4 is 17.7 Å². The summed E-state index contributed by atoms with van der Waals surface area (Å²) in [5.74, 6) is 1.37. The van der Waals surface area contributed by atoms with Crippen molar-refractivity contribution in [3.05, 3.63) is 17.8 Å². The van der Waals surface area contributed by atoms with Gasteiger partial charge in [0.1, 0.15) is 5.82 Å². The van der Waals surface area contributed by atoms with Gasteiger partial charge >= 0.3 is 0 Å². The van der Waals surface area contributed by atoms with Crippen molar-refractivity contribution in [1.29, 1.82) is 0 Å². The Morgan fingerprint density at radius 2 is 2.21 bits per heavy atom. The Balaban J connectivity index is 2.52. The molecule has 2 rings (SSSR count). The maximum absolute atomic E-state index is 4.64. The molecule has 1 aromatic rings. The Hall–Kier alpha value is -1.38. The molecule has 0 aliphatic carbocycles. The largest absolute Gasteiger partial charge is 0.346 e. The molecule has 0 fully saturated rings. The molecule has 3 nitrogen and oxygen atoms in total. The minimum absolute atomic E-state index is 0.174. The number of hydrogen-bond donors (Lipinski definition) is 1. The Labute approximate surface area is 84.0 Å². The lowest BCUT2D eigenvalue weighted by molar-refractivity contribution is 0.861. The van der Waals surface area contributed by atoms with Crippen molar-refractivity contribution in [2.75, 3.05) is 0 Å². The first-order valence-corrected chi connectivity index (χ1v) is 4.98.